The van der Waals surface area contributed by atoms with Gasteiger partial charge in [0.15, 0.2) is 0 Å². The van der Waals surface area contributed by atoms with Gasteiger partial charge in [-0.2, -0.15) is 0 Å². The highest BCUT2D eigenvalue weighted by Gasteiger charge is 2.15. The molecule has 3 rings (SSSR count). The van der Waals surface area contributed by atoms with Gasteiger partial charge in [0.25, 0.3) is 0 Å². The summed E-state index contributed by atoms with van der Waals surface area (Å²) in [5.74, 6) is 1.78. The molecular weight excluding hydrogens is 240 g/mol. The Labute approximate surface area is 111 Å². The van der Waals surface area contributed by atoms with E-state index in [0.717, 1.165) is 22.8 Å². The van der Waals surface area contributed by atoms with Crippen molar-refractivity contribution in [2.45, 2.75) is 6.54 Å². The van der Waals surface area contributed by atoms with Crippen LogP contribution in [0.3, 0.4) is 0 Å². The Bertz CT molecular complexity index is 672. The Morgan fingerprint density at radius 3 is 2.84 bits per heavy atom. The van der Waals surface area contributed by atoms with Crippen molar-refractivity contribution in [3.8, 4) is 0 Å². The third-order valence-corrected chi connectivity index (χ3v) is 3.20. The van der Waals surface area contributed by atoms with Crippen molar-refractivity contribution in [3.63, 3.8) is 0 Å². The zero-order valence-corrected chi connectivity index (χ0v) is 10.7. The zero-order chi connectivity index (χ0) is 13.2. The van der Waals surface area contributed by atoms with Crippen molar-refractivity contribution in [3.05, 3.63) is 42.6 Å². The summed E-state index contributed by atoms with van der Waals surface area (Å²) in [4.78, 5) is 9.79. The summed E-state index contributed by atoms with van der Waals surface area (Å²) in [5, 5.41) is 9.26. The van der Waals surface area contributed by atoms with Gasteiger partial charge >= 0.3 is 0 Å². The number of hydrogen-bond donors (Lipinski definition) is 2. The molecule has 98 valence electrons. The van der Waals surface area contributed by atoms with Gasteiger partial charge in [-0.05, 0) is 24.3 Å². The van der Waals surface area contributed by atoms with E-state index in [1.165, 1.54) is 0 Å². The number of aliphatic hydroxyl groups excluding tert-OH is 1. The number of imidazole rings is 1. The van der Waals surface area contributed by atoms with Crippen LogP contribution in [0.1, 0.15) is 0 Å². The molecule has 0 spiro atoms. The Balaban J connectivity index is 2.14. The van der Waals surface area contributed by atoms with Crippen LogP contribution < -0.4 is 4.90 Å². The molecule has 0 radical (unpaired) electrons. The minimum Gasteiger partial charge on any atom is -0.395 e. The van der Waals surface area contributed by atoms with Crippen molar-refractivity contribution in [2.24, 2.45) is 0 Å². The standard InChI is InChI=1S/C14H16N4O/c1-17(13-7-4-8-15-13)14-16-11-5-2-3-6-12(11)18(14)9-10-19/h2-8,15,19H,9-10H2,1H3. The van der Waals surface area contributed by atoms with Crippen molar-refractivity contribution in [2.75, 3.05) is 18.6 Å². The Morgan fingerprint density at radius 2 is 2.11 bits per heavy atom. The summed E-state index contributed by atoms with van der Waals surface area (Å²) in [6.45, 7) is 0.618. The fourth-order valence-electron chi connectivity index (χ4n) is 2.28. The van der Waals surface area contributed by atoms with E-state index in [2.05, 4.69) is 9.97 Å². The lowest BCUT2D eigenvalue weighted by molar-refractivity contribution is 0.278. The van der Waals surface area contributed by atoms with Crippen LogP contribution in [-0.2, 0) is 6.54 Å². The highest BCUT2D eigenvalue weighted by atomic mass is 16.3. The molecule has 2 aromatic heterocycles. The number of rotatable bonds is 4. The van der Waals surface area contributed by atoms with Crippen LogP contribution in [-0.4, -0.2) is 33.3 Å². The average Bonchev–Trinajstić information content (AvgIpc) is 3.06. The maximum absolute atomic E-state index is 9.26. The summed E-state index contributed by atoms with van der Waals surface area (Å²) in [6.07, 6.45) is 1.88. The molecule has 19 heavy (non-hydrogen) atoms. The maximum Gasteiger partial charge on any atom is 0.212 e. The number of aliphatic hydroxyl groups is 1. The minimum atomic E-state index is 0.0892. The van der Waals surface area contributed by atoms with Gasteiger partial charge in [-0.3, -0.25) is 0 Å². The van der Waals surface area contributed by atoms with Crippen LogP contribution >= 0.6 is 0 Å². The molecule has 0 unspecified atom stereocenters. The molecular formula is C14H16N4O. The molecule has 0 atom stereocenters. The second kappa shape index (κ2) is 4.78. The summed E-state index contributed by atoms with van der Waals surface area (Å²) in [5.41, 5.74) is 1.97. The van der Waals surface area contributed by atoms with E-state index in [4.69, 9.17) is 0 Å². The van der Waals surface area contributed by atoms with E-state index in [1.807, 2.05) is 59.1 Å². The van der Waals surface area contributed by atoms with Gasteiger partial charge in [-0.1, -0.05) is 12.1 Å². The Morgan fingerprint density at radius 1 is 1.26 bits per heavy atom. The van der Waals surface area contributed by atoms with Crippen molar-refractivity contribution in [1.82, 2.24) is 14.5 Å². The van der Waals surface area contributed by atoms with Gasteiger partial charge in [-0.15, -0.1) is 0 Å². The van der Waals surface area contributed by atoms with Gasteiger partial charge < -0.3 is 19.6 Å². The third-order valence-electron chi connectivity index (χ3n) is 3.20. The van der Waals surface area contributed by atoms with Crippen LogP contribution in [0.25, 0.3) is 11.0 Å². The lowest BCUT2D eigenvalue weighted by Crippen LogP contribution is -2.17. The van der Waals surface area contributed by atoms with E-state index in [9.17, 15) is 5.11 Å². The SMILES string of the molecule is CN(c1ccc[nH]1)c1nc2ccccc2n1CCO. The number of hydrogen-bond acceptors (Lipinski definition) is 3. The topological polar surface area (TPSA) is 57.1 Å². The minimum absolute atomic E-state index is 0.0892. The lowest BCUT2D eigenvalue weighted by Gasteiger charge is -2.18. The van der Waals surface area contributed by atoms with Crippen LogP contribution in [0.4, 0.5) is 11.8 Å². The zero-order valence-electron chi connectivity index (χ0n) is 10.7. The highest BCUT2D eigenvalue weighted by Crippen LogP contribution is 2.26. The summed E-state index contributed by atoms with van der Waals surface area (Å²) in [6, 6.07) is 11.9. The van der Waals surface area contributed by atoms with Gasteiger partial charge in [0.05, 0.1) is 17.6 Å². The number of nitrogens with zero attached hydrogens (tertiary/aromatic N) is 3. The lowest BCUT2D eigenvalue weighted by atomic mass is 10.3. The molecule has 5 heteroatoms. The van der Waals surface area contributed by atoms with Gasteiger partial charge in [0, 0.05) is 19.8 Å². The van der Waals surface area contributed by atoms with Crippen LogP contribution in [0.15, 0.2) is 42.6 Å². The molecule has 0 aliphatic carbocycles. The smallest absolute Gasteiger partial charge is 0.212 e. The normalized spacial score (nSPS) is 11.1. The van der Waals surface area contributed by atoms with Crippen molar-refractivity contribution < 1.29 is 5.11 Å². The van der Waals surface area contributed by atoms with Gasteiger partial charge in [0.1, 0.15) is 5.82 Å². The van der Waals surface area contributed by atoms with E-state index in [-0.39, 0.29) is 6.61 Å². The number of aromatic nitrogens is 3. The largest absolute Gasteiger partial charge is 0.395 e. The number of aromatic amines is 1. The van der Waals surface area contributed by atoms with E-state index in [1.54, 1.807) is 0 Å². The molecule has 0 bridgehead atoms. The predicted octanol–water partition coefficient (Wildman–Crippen LogP) is 2.12. The second-order valence-electron chi connectivity index (χ2n) is 4.39. The molecule has 0 amide bonds. The van der Waals surface area contributed by atoms with Gasteiger partial charge in [0.2, 0.25) is 5.95 Å². The fourth-order valence-corrected chi connectivity index (χ4v) is 2.28. The number of anilines is 2. The summed E-state index contributed by atoms with van der Waals surface area (Å²) >= 11 is 0. The Kier molecular flexibility index (Phi) is 2.97. The average molecular weight is 256 g/mol. The first-order valence-corrected chi connectivity index (χ1v) is 6.24. The number of nitrogens with one attached hydrogen (secondary N) is 1. The van der Waals surface area contributed by atoms with Crippen LogP contribution in [0.5, 0.6) is 0 Å². The molecule has 2 heterocycles. The van der Waals surface area contributed by atoms with Gasteiger partial charge in [-0.25, -0.2) is 4.98 Å². The first-order valence-electron chi connectivity index (χ1n) is 6.24. The van der Waals surface area contributed by atoms with E-state index in [0.29, 0.717) is 6.54 Å². The maximum atomic E-state index is 9.26. The quantitative estimate of drug-likeness (QED) is 0.751. The number of H-pyrrole nitrogens is 1. The van der Waals surface area contributed by atoms with Crippen molar-refractivity contribution in [1.29, 1.82) is 0 Å². The van der Waals surface area contributed by atoms with E-state index >= 15 is 0 Å². The number of para-hydroxylation sites is 2. The molecule has 0 aliphatic rings. The predicted molar refractivity (Wildman–Crippen MR) is 75.7 cm³/mol. The monoisotopic (exact) mass is 256 g/mol. The molecule has 1 aromatic carbocycles. The number of benzene rings is 1. The molecule has 0 saturated heterocycles. The fraction of sp³-hybridized carbons (Fsp3) is 0.214. The molecule has 0 fully saturated rings. The highest BCUT2D eigenvalue weighted by molar-refractivity contribution is 5.79. The second-order valence-corrected chi connectivity index (χ2v) is 4.39. The molecule has 2 N–H and O–H groups in total. The molecule has 5 nitrogen and oxygen atoms in total. The third kappa shape index (κ3) is 1.98. The summed E-state index contributed by atoms with van der Waals surface area (Å²) in [7, 11) is 1.96. The van der Waals surface area contributed by atoms with Crippen LogP contribution in [0, 0.1) is 0 Å². The molecule has 3 aromatic rings. The van der Waals surface area contributed by atoms with Crippen molar-refractivity contribution >= 4 is 22.8 Å². The van der Waals surface area contributed by atoms with E-state index < -0.39 is 0 Å². The van der Waals surface area contributed by atoms with Crippen LogP contribution in [0.2, 0.25) is 0 Å². The summed E-state index contributed by atoms with van der Waals surface area (Å²) < 4.78 is 2.02. The Hall–Kier alpha value is -2.27. The number of fused-ring (bicyclic) bond motifs is 1. The molecule has 0 saturated carbocycles. The molecule has 0 aliphatic heterocycles. The first kappa shape index (κ1) is 11.8. The first-order chi connectivity index (χ1) is 9.31.